The SMILES string of the molecule is CCCc1nc(C)oc1CCl. The molecule has 1 rings (SSSR count). The van der Waals surface area contributed by atoms with E-state index in [1.807, 2.05) is 6.92 Å². The molecule has 62 valence electrons. The molecule has 0 saturated carbocycles. The third-order valence-corrected chi connectivity index (χ3v) is 1.74. The minimum Gasteiger partial charge on any atom is -0.444 e. The summed E-state index contributed by atoms with van der Waals surface area (Å²) >= 11 is 5.65. The van der Waals surface area contributed by atoms with Crippen LogP contribution in [0.3, 0.4) is 0 Å². The van der Waals surface area contributed by atoms with Crippen LogP contribution < -0.4 is 0 Å². The molecule has 0 aliphatic carbocycles. The molecule has 0 unspecified atom stereocenters. The van der Waals surface area contributed by atoms with Crippen LogP contribution in [0.5, 0.6) is 0 Å². The van der Waals surface area contributed by atoms with Crippen molar-refractivity contribution in [3.63, 3.8) is 0 Å². The number of aromatic nitrogens is 1. The van der Waals surface area contributed by atoms with Crippen LogP contribution in [0.4, 0.5) is 0 Å². The highest BCUT2D eigenvalue weighted by atomic mass is 35.5. The molecule has 2 nitrogen and oxygen atoms in total. The Labute approximate surface area is 71.6 Å². The Morgan fingerprint density at radius 2 is 2.27 bits per heavy atom. The fourth-order valence-electron chi connectivity index (χ4n) is 1.05. The first-order valence-electron chi connectivity index (χ1n) is 3.79. The van der Waals surface area contributed by atoms with Gasteiger partial charge in [0, 0.05) is 6.92 Å². The third-order valence-electron chi connectivity index (χ3n) is 1.49. The smallest absolute Gasteiger partial charge is 0.191 e. The molecule has 0 amide bonds. The predicted octanol–water partition coefficient (Wildman–Crippen LogP) is 2.67. The maximum atomic E-state index is 5.65. The van der Waals surface area contributed by atoms with E-state index in [0.717, 1.165) is 24.3 Å². The molecule has 0 bridgehead atoms. The minimum atomic E-state index is 0.427. The monoisotopic (exact) mass is 173 g/mol. The Morgan fingerprint density at radius 1 is 1.55 bits per heavy atom. The van der Waals surface area contributed by atoms with Gasteiger partial charge < -0.3 is 4.42 Å². The van der Waals surface area contributed by atoms with Crippen LogP contribution >= 0.6 is 11.6 Å². The number of alkyl halides is 1. The molecule has 1 heterocycles. The maximum Gasteiger partial charge on any atom is 0.191 e. The molecule has 0 atom stereocenters. The van der Waals surface area contributed by atoms with Crippen molar-refractivity contribution in [2.45, 2.75) is 32.6 Å². The summed E-state index contributed by atoms with van der Waals surface area (Å²) in [6.45, 7) is 3.96. The van der Waals surface area contributed by atoms with Crippen molar-refractivity contribution in [3.8, 4) is 0 Å². The Balaban J connectivity index is 2.83. The van der Waals surface area contributed by atoms with Gasteiger partial charge in [-0.2, -0.15) is 0 Å². The van der Waals surface area contributed by atoms with Crippen LogP contribution in [0.15, 0.2) is 4.42 Å². The van der Waals surface area contributed by atoms with E-state index in [-0.39, 0.29) is 0 Å². The number of hydrogen-bond acceptors (Lipinski definition) is 2. The van der Waals surface area contributed by atoms with E-state index in [2.05, 4.69) is 11.9 Å². The standard InChI is InChI=1S/C8H12ClNO/c1-3-4-7-8(5-9)11-6(2)10-7/h3-5H2,1-2H3. The molecule has 1 aromatic rings. The lowest BCUT2D eigenvalue weighted by atomic mass is 10.2. The molecule has 0 radical (unpaired) electrons. The van der Waals surface area contributed by atoms with E-state index < -0.39 is 0 Å². The second kappa shape index (κ2) is 3.77. The predicted molar refractivity (Wildman–Crippen MR) is 44.8 cm³/mol. The van der Waals surface area contributed by atoms with Gasteiger partial charge in [-0.15, -0.1) is 11.6 Å². The Morgan fingerprint density at radius 3 is 2.82 bits per heavy atom. The van der Waals surface area contributed by atoms with Crippen molar-refractivity contribution in [1.82, 2.24) is 4.98 Å². The zero-order chi connectivity index (χ0) is 8.27. The largest absolute Gasteiger partial charge is 0.444 e. The number of hydrogen-bond donors (Lipinski definition) is 0. The van der Waals surface area contributed by atoms with E-state index in [4.69, 9.17) is 16.0 Å². The molecule has 1 aromatic heterocycles. The van der Waals surface area contributed by atoms with Gasteiger partial charge in [-0.25, -0.2) is 4.98 Å². The lowest BCUT2D eigenvalue weighted by Gasteiger charge is -1.91. The van der Waals surface area contributed by atoms with Crippen LogP contribution in [0.1, 0.15) is 30.7 Å². The van der Waals surface area contributed by atoms with E-state index in [9.17, 15) is 0 Å². The number of aryl methyl sites for hydroxylation is 2. The number of oxazole rings is 1. The maximum absolute atomic E-state index is 5.65. The molecule has 0 aliphatic rings. The van der Waals surface area contributed by atoms with E-state index in [0.29, 0.717) is 11.8 Å². The first-order chi connectivity index (χ1) is 5.27. The van der Waals surface area contributed by atoms with Gasteiger partial charge in [-0.05, 0) is 6.42 Å². The summed E-state index contributed by atoms with van der Waals surface area (Å²) in [5.41, 5.74) is 1.01. The second-order valence-electron chi connectivity index (χ2n) is 2.49. The molecule has 0 aromatic carbocycles. The highest BCUT2D eigenvalue weighted by Gasteiger charge is 2.07. The summed E-state index contributed by atoms with van der Waals surface area (Å²) in [4.78, 5) is 4.22. The Kier molecular flexibility index (Phi) is 2.94. The van der Waals surface area contributed by atoms with Crippen molar-refractivity contribution in [1.29, 1.82) is 0 Å². The molecule has 0 aliphatic heterocycles. The zero-order valence-electron chi connectivity index (χ0n) is 6.85. The van der Waals surface area contributed by atoms with Gasteiger partial charge in [0.1, 0.15) is 5.76 Å². The average molecular weight is 174 g/mol. The number of nitrogens with zero attached hydrogens (tertiary/aromatic N) is 1. The van der Waals surface area contributed by atoms with Gasteiger partial charge in [0.15, 0.2) is 5.89 Å². The van der Waals surface area contributed by atoms with Gasteiger partial charge in [0.25, 0.3) is 0 Å². The normalized spacial score (nSPS) is 10.5. The van der Waals surface area contributed by atoms with Crippen molar-refractivity contribution in [2.75, 3.05) is 0 Å². The van der Waals surface area contributed by atoms with E-state index >= 15 is 0 Å². The van der Waals surface area contributed by atoms with Gasteiger partial charge in [0.2, 0.25) is 0 Å². The molecule has 0 fully saturated rings. The fourth-order valence-corrected chi connectivity index (χ4v) is 1.26. The van der Waals surface area contributed by atoms with Gasteiger partial charge in [-0.3, -0.25) is 0 Å². The quantitative estimate of drug-likeness (QED) is 0.657. The third kappa shape index (κ3) is 1.96. The average Bonchev–Trinajstić information content (AvgIpc) is 2.32. The van der Waals surface area contributed by atoms with Crippen molar-refractivity contribution >= 4 is 11.6 Å². The lowest BCUT2D eigenvalue weighted by molar-refractivity contribution is 0.488. The first-order valence-corrected chi connectivity index (χ1v) is 4.32. The molecule has 11 heavy (non-hydrogen) atoms. The van der Waals surface area contributed by atoms with E-state index in [1.54, 1.807) is 0 Å². The summed E-state index contributed by atoms with van der Waals surface area (Å²) in [5, 5.41) is 0. The molecular formula is C8H12ClNO. The minimum absolute atomic E-state index is 0.427. The Hall–Kier alpha value is -0.500. The number of halogens is 1. The molecule has 0 N–H and O–H groups in total. The van der Waals surface area contributed by atoms with Crippen LogP contribution in [-0.4, -0.2) is 4.98 Å². The van der Waals surface area contributed by atoms with Crippen molar-refractivity contribution < 1.29 is 4.42 Å². The lowest BCUT2D eigenvalue weighted by Crippen LogP contribution is -1.87. The highest BCUT2D eigenvalue weighted by Crippen LogP contribution is 2.14. The van der Waals surface area contributed by atoms with E-state index in [1.165, 1.54) is 0 Å². The molecule has 3 heteroatoms. The highest BCUT2D eigenvalue weighted by molar-refractivity contribution is 6.16. The summed E-state index contributed by atoms with van der Waals surface area (Å²) in [7, 11) is 0. The Bertz CT molecular complexity index is 232. The molecular weight excluding hydrogens is 162 g/mol. The van der Waals surface area contributed by atoms with Crippen LogP contribution in [0.2, 0.25) is 0 Å². The fraction of sp³-hybridized carbons (Fsp3) is 0.625. The van der Waals surface area contributed by atoms with Crippen LogP contribution in [0.25, 0.3) is 0 Å². The van der Waals surface area contributed by atoms with Gasteiger partial charge in [-0.1, -0.05) is 13.3 Å². The number of rotatable bonds is 3. The summed E-state index contributed by atoms with van der Waals surface area (Å²) in [5.74, 6) is 1.96. The molecule has 0 saturated heterocycles. The van der Waals surface area contributed by atoms with Gasteiger partial charge in [0.05, 0.1) is 11.6 Å². The van der Waals surface area contributed by atoms with Crippen LogP contribution in [-0.2, 0) is 12.3 Å². The second-order valence-corrected chi connectivity index (χ2v) is 2.75. The van der Waals surface area contributed by atoms with Crippen molar-refractivity contribution in [2.24, 2.45) is 0 Å². The first kappa shape index (κ1) is 8.60. The zero-order valence-corrected chi connectivity index (χ0v) is 7.61. The topological polar surface area (TPSA) is 26.0 Å². The molecule has 0 spiro atoms. The summed E-state index contributed by atoms with van der Waals surface area (Å²) in [6, 6.07) is 0. The van der Waals surface area contributed by atoms with Gasteiger partial charge >= 0.3 is 0 Å². The summed E-state index contributed by atoms with van der Waals surface area (Å²) < 4.78 is 5.27. The van der Waals surface area contributed by atoms with Crippen molar-refractivity contribution in [3.05, 3.63) is 17.3 Å². The van der Waals surface area contributed by atoms with Crippen LogP contribution in [0, 0.1) is 6.92 Å². The summed E-state index contributed by atoms with van der Waals surface area (Å²) in [6.07, 6.45) is 2.04.